The number of hydrogen-bond acceptors (Lipinski definition) is 5. The lowest BCUT2D eigenvalue weighted by molar-refractivity contribution is -0.197. The summed E-state index contributed by atoms with van der Waals surface area (Å²) in [6.45, 7) is 8.93. The summed E-state index contributed by atoms with van der Waals surface area (Å²) in [5.74, 6) is 0.771. The third-order valence-electron chi connectivity index (χ3n) is 8.91. The second-order valence-corrected chi connectivity index (χ2v) is 10.9. The van der Waals surface area contributed by atoms with Gasteiger partial charge in [0.1, 0.15) is 6.10 Å². The quantitative estimate of drug-likeness (QED) is 0.690. The van der Waals surface area contributed by atoms with Crippen molar-refractivity contribution < 1.29 is 20.1 Å². The van der Waals surface area contributed by atoms with E-state index in [1.54, 1.807) is 6.07 Å². The Labute approximate surface area is 167 Å². The lowest BCUT2D eigenvalue weighted by Gasteiger charge is -2.62. The van der Waals surface area contributed by atoms with Crippen molar-refractivity contribution in [3.8, 4) is 11.5 Å². The standard InChI is InChI=1S/C23H33NO4/c1-21(2,3)22(4,27)14-11-13-15-10-12-6-7-16(25)19-17(12)23(13,8-9-24(15)5)20(28-19)18(14)26/h6-7,13-15,18,20,25-27H,8-11H2,1-5H3/t13?,14?,15-,18?,20+,22+,23+/m1/s1. The molecule has 1 saturated heterocycles. The summed E-state index contributed by atoms with van der Waals surface area (Å²) in [7, 11) is 2.19. The Balaban J connectivity index is 1.69. The summed E-state index contributed by atoms with van der Waals surface area (Å²) >= 11 is 0. The summed E-state index contributed by atoms with van der Waals surface area (Å²) in [5.41, 5.74) is 0.734. The van der Waals surface area contributed by atoms with Crippen molar-refractivity contribution in [2.24, 2.45) is 17.3 Å². The van der Waals surface area contributed by atoms with Crippen molar-refractivity contribution in [2.45, 2.75) is 76.2 Å². The van der Waals surface area contributed by atoms with E-state index in [-0.39, 0.29) is 22.5 Å². The average Bonchev–Trinajstić information content (AvgIpc) is 2.96. The molecule has 28 heavy (non-hydrogen) atoms. The maximum atomic E-state index is 11.5. The Morgan fingerprint density at radius 2 is 1.93 bits per heavy atom. The Kier molecular flexibility index (Phi) is 3.63. The van der Waals surface area contributed by atoms with Crippen molar-refractivity contribution in [3.05, 3.63) is 23.3 Å². The number of ether oxygens (including phenoxy) is 1. The first kappa shape index (κ1) is 18.7. The second-order valence-electron chi connectivity index (χ2n) is 10.9. The molecule has 1 saturated carbocycles. The third kappa shape index (κ3) is 2.03. The molecule has 5 rings (SSSR count). The maximum absolute atomic E-state index is 11.5. The topological polar surface area (TPSA) is 73.2 Å². The highest BCUT2D eigenvalue weighted by atomic mass is 16.5. The molecule has 0 amide bonds. The lowest BCUT2D eigenvalue weighted by atomic mass is 9.47. The fourth-order valence-electron chi connectivity index (χ4n) is 6.82. The van der Waals surface area contributed by atoms with E-state index in [0.717, 1.165) is 31.4 Å². The van der Waals surface area contributed by atoms with Gasteiger partial charge in [0, 0.05) is 22.9 Å². The Morgan fingerprint density at radius 1 is 1.21 bits per heavy atom. The van der Waals surface area contributed by atoms with Crippen molar-refractivity contribution >= 4 is 0 Å². The number of hydrogen-bond donors (Lipinski definition) is 3. The molecule has 2 aliphatic carbocycles. The summed E-state index contributed by atoms with van der Waals surface area (Å²) in [5, 5.41) is 33.6. The highest BCUT2D eigenvalue weighted by Crippen LogP contribution is 2.65. The van der Waals surface area contributed by atoms with Gasteiger partial charge in [-0.1, -0.05) is 26.8 Å². The van der Waals surface area contributed by atoms with Gasteiger partial charge in [-0.2, -0.15) is 0 Å². The van der Waals surface area contributed by atoms with E-state index in [1.807, 2.05) is 33.8 Å². The molecule has 5 heteroatoms. The number of nitrogens with zero attached hydrogens (tertiary/aromatic N) is 1. The van der Waals surface area contributed by atoms with Gasteiger partial charge in [0.25, 0.3) is 0 Å². The minimum Gasteiger partial charge on any atom is -0.504 e. The number of piperidine rings is 1. The molecule has 154 valence electrons. The largest absolute Gasteiger partial charge is 0.504 e. The normalized spacial score (nSPS) is 41.2. The molecule has 3 N–H and O–H groups in total. The predicted molar refractivity (Wildman–Crippen MR) is 107 cm³/mol. The van der Waals surface area contributed by atoms with E-state index in [1.165, 1.54) is 5.56 Å². The van der Waals surface area contributed by atoms with Crippen LogP contribution in [0, 0.1) is 17.3 Å². The Hall–Kier alpha value is -1.30. The second kappa shape index (κ2) is 5.44. The van der Waals surface area contributed by atoms with Crippen LogP contribution in [0.3, 0.4) is 0 Å². The number of aliphatic hydroxyl groups is 2. The molecule has 2 fully saturated rings. The highest BCUT2D eigenvalue weighted by Gasteiger charge is 2.69. The Morgan fingerprint density at radius 3 is 2.61 bits per heavy atom. The lowest BCUT2D eigenvalue weighted by Crippen LogP contribution is -2.70. The van der Waals surface area contributed by atoms with Crippen molar-refractivity contribution in [3.63, 3.8) is 0 Å². The van der Waals surface area contributed by atoms with E-state index < -0.39 is 17.8 Å². The van der Waals surface area contributed by atoms with Crippen LogP contribution in [0.5, 0.6) is 11.5 Å². The van der Waals surface area contributed by atoms with Crippen LogP contribution >= 0.6 is 0 Å². The fraction of sp³-hybridized carbons (Fsp3) is 0.739. The van der Waals surface area contributed by atoms with Crippen LogP contribution in [-0.4, -0.2) is 57.7 Å². The van der Waals surface area contributed by atoms with Gasteiger partial charge in [0.05, 0.1) is 11.7 Å². The number of likely N-dealkylation sites (N-methyl/N-ethyl adjacent to an activating group) is 1. The molecule has 5 nitrogen and oxygen atoms in total. The number of benzene rings is 1. The fourth-order valence-corrected chi connectivity index (χ4v) is 6.82. The first-order chi connectivity index (χ1) is 13.0. The van der Waals surface area contributed by atoms with Gasteiger partial charge in [-0.25, -0.2) is 0 Å². The van der Waals surface area contributed by atoms with E-state index in [0.29, 0.717) is 17.7 Å². The summed E-state index contributed by atoms with van der Waals surface area (Å²) in [6, 6.07) is 4.13. The summed E-state index contributed by atoms with van der Waals surface area (Å²) in [6.07, 6.45) is 1.44. The summed E-state index contributed by atoms with van der Waals surface area (Å²) < 4.78 is 6.37. The van der Waals surface area contributed by atoms with Crippen LogP contribution in [0.25, 0.3) is 0 Å². The number of aromatic hydroxyl groups is 1. The molecule has 4 aliphatic rings. The number of phenolic OH excluding ortho intramolecular Hbond substituents is 1. The first-order valence-electron chi connectivity index (χ1n) is 10.6. The van der Waals surface area contributed by atoms with Crippen molar-refractivity contribution in [2.75, 3.05) is 13.6 Å². The number of aliphatic hydroxyl groups excluding tert-OH is 1. The van der Waals surface area contributed by atoms with Crippen LogP contribution in [0.1, 0.15) is 51.7 Å². The van der Waals surface area contributed by atoms with Crippen molar-refractivity contribution in [1.82, 2.24) is 4.90 Å². The zero-order chi connectivity index (χ0) is 20.2. The van der Waals surface area contributed by atoms with Gasteiger partial charge in [-0.05, 0) is 62.7 Å². The zero-order valence-electron chi connectivity index (χ0n) is 17.6. The molecule has 1 aromatic rings. The molecular formula is C23H33NO4. The maximum Gasteiger partial charge on any atom is 0.165 e. The molecule has 7 atom stereocenters. The van der Waals surface area contributed by atoms with Gasteiger partial charge < -0.3 is 25.0 Å². The van der Waals surface area contributed by atoms with Gasteiger partial charge in [0.2, 0.25) is 0 Å². The monoisotopic (exact) mass is 387 g/mol. The third-order valence-corrected chi connectivity index (χ3v) is 8.91. The zero-order valence-corrected chi connectivity index (χ0v) is 17.6. The van der Waals surface area contributed by atoms with Crippen LogP contribution in [0.2, 0.25) is 0 Å². The number of phenols is 1. The highest BCUT2D eigenvalue weighted by molar-refractivity contribution is 5.60. The molecule has 0 aromatic heterocycles. The van der Waals surface area contributed by atoms with Crippen LogP contribution in [0.4, 0.5) is 0 Å². The first-order valence-corrected chi connectivity index (χ1v) is 10.6. The predicted octanol–water partition coefficient (Wildman–Crippen LogP) is 2.45. The Bertz CT molecular complexity index is 829. The van der Waals surface area contributed by atoms with Gasteiger partial charge >= 0.3 is 0 Å². The molecule has 2 aliphatic heterocycles. The number of likely N-dealkylation sites (tertiary alicyclic amines) is 1. The molecule has 2 heterocycles. The molecule has 1 spiro atoms. The smallest absolute Gasteiger partial charge is 0.165 e. The van der Waals surface area contributed by atoms with E-state index >= 15 is 0 Å². The van der Waals surface area contributed by atoms with Crippen LogP contribution in [-0.2, 0) is 11.8 Å². The summed E-state index contributed by atoms with van der Waals surface area (Å²) in [4.78, 5) is 2.45. The van der Waals surface area contributed by atoms with Gasteiger partial charge in [0.15, 0.2) is 11.5 Å². The molecule has 3 unspecified atom stereocenters. The van der Waals surface area contributed by atoms with Gasteiger partial charge in [-0.3, -0.25) is 0 Å². The van der Waals surface area contributed by atoms with E-state index in [2.05, 4.69) is 11.9 Å². The molecule has 0 radical (unpaired) electrons. The van der Waals surface area contributed by atoms with E-state index in [9.17, 15) is 15.3 Å². The van der Waals surface area contributed by atoms with Crippen LogP contribution in [0.15, 0.2) is 12.1 Å². The molecule has 1 aromatic carbocycles. The van der Waals surface area contributed by atoms with Crippen LogP contribution < -0.4 is 4.74 Å². The minimum absolute atomic E-state index is 0.171. The van der Waals surface area contributed by atoms with Gasteiger partial charge in [-0.15, -0.1) is 0 Å². The minimum atomic E-state index is -1.03. The average molecular weight is 388 g/mol. The molecule has 2 bridgehead atoms. The van der Waals surface area contributed by atoms with E-state index in [4.69, 9.17) is 4.74 Å². The van der Waals surface area contributed by atoms with Crippen molar-refractivity contribution in [1.29, 1.82) is 0 Å². The molecular weight excluding hydrogens is 354 g/mol. The number of rotatable bonds is 1. The SMILES string of the molecule is CN1CC[C@]23c4c5ccc(O)c4O[C@H]2C(O)C([C@](C)(O)C(C)(C)C)CC3[C@H]1C5.